The maximum Gasteiger partial charge on any atom is 0.276 e. The Kier molecular flexibility index (Phi) is 7.72. The smallest absolute Gasteiger partial charge is 0.276 e. The normalized spacial score (nSPS) is 16.3. The Hall–Kier alpha value is -4.86. The van der Waals surface area contributed by atoms with Gasteiger partial charge in [-0.05, 0) is 62.4 Å². The van der Waals surface area contributed by atoms with Crippen LogP contribution in [-0.2, 0) is 4.79 Å². The lowest BCUT2D eigenvalue weighted by Gasteiger charge is -2.43. The third-order valence-electron chi connectivity index (χ3n) is 6.63. The van der Waals surface area contributed by atoms with Crippen LogP contribution in [0.25, 0.3) is 28.7 Å². The Balaban J connectivity index is 1.30. The van der Waals surface area contributed by atoms with Crippen molar-refractivity contribution in [3.63, 3.8) is 0 Å². The number of amides is 1. The van der Waals surface area contributed by atoms with Crippen molar-refractivity contribution in [1.82, 2.24) is 29.9 Å². The van der Waals surface area contributed by atoms with Gasteiger partial charge in [0.1, 0.15) is 5.69 Å². The van der Waals surface area contributed by atoms with E-state index < -0.39 is 0 Å². The standard InChI is InChI=1S/C29H30N8O2/c1-4-25(22-12-15-30-16-13-22)32-29(35(3)20-38)37-18-17-36(19-21(37)2)24-10-8-23(9-11-24)27-33-28(39-34-27)26-7-5-6-14-31-26/h4-16,20-21H,17-19H2,1-3H3/b25-4-,32-29+/t21-/m1/s1. The third-order valence-corrected chi connectivity index (χ3v) is 6.63. The molecule has 1 aliphatic rings. The molecule has 1 atom stereocenters. The molecule has 1 amide bonds. The summed E-state index contributed by atoms with van der Waals surface area (Å²) in [6.07, 6.45) is 7.92. The van der Waals surface area contributed by atoms with Gasteiger partial charge in [0.25, 0.3) is 5.89 Å². The maximum absolute atomic E-state index is 11.8. The second kappa shape index (κ2) is 11.7. The number of carbonyl (C=O) groups excluding carboxylic acids is 1. The number of guanidine groups is 1. The van der Waals surface area contributed by atoms with Crippen LogP contribution in [0.15, 0.2) is 88.8 Å². The zero-order valence-corrected chi connectivity index (χ0v) is 22.2. The molecule has 4 heterocycles. The molecule has 1 aromatic carbocycles. The van der Waals surface area contributed by atoms with E-state index in [0.29, 0.717) is 29.9 Å². The quantitative estimate of drug-likeness (QED) is 0.211. The second-order valence-electron chi connectivity index (χ2n) is 9.21. The molecule has 1 fully saturated rings. The molecule has 0 spiro atoms. The van der Waals surface area contributed by atoms with Crippen LogP contribution in [0.4, 0.5) is 5.69 Å². The van der Waals surface area contributed by atoms with Crippen molar-refractivity contribution >= 4 is 23.8 Å². The van der Waals surface area contributed by atoms with Crippen LogP contribution in [0.2, 0.25) is 0 Å². The molecular weight excluding hydrogens is 492 g/mol. The minimum absolute atomic E-state index is 0.119. The number of hydrogen-bond donors (Lipinski definition) is 0. The van der Waals surface area contributed by atoms with Crippen molar-refractivity contribution in [1.29, 1.82) is 0 Å². The minimum Gasteiger partial charge on any atom is -0.368 e. The van der Waals surface area contributed by atoms with E-state index in [-0.39, 0.29) is 6.04 Å². The lowest BCUT2D eigenvalue weighted by atomic mass is 10.1. The van der Waals surface area contributed by atoms with Crippen molar-refractivity contribution in [2.45, 2.75) is 19.9 Å². The predicted molar refractivity (Wildman–Crippen MR) is 150 cm³/mol. The monoisotopic (exact) mass is 522 g/mol. The number of hydrogen-bond acceptors (Lipinski definition) is 8. The summed E-state index contributed by atoms with van der Waals surface area (Å²) >= 11 is 0. The summed E-state index contributed by atoms with van der Waals surface area (Å²) < 4.78 is 5.41. The summed E-state index contributed by atoms with van der Waals surface area (Å²) in [6, 6.07) is 17.7. The largest absolute Gasteiger partial charge is 0.368 e. The molecule has 3 aromatic heterocycles. The first-order chi connectivity index (χ1) is 19.1. The van der Waals surface area contributed by atoms with Crippen LogP contribution in [0.3, 0.4) is 0 Å². The Morgan fingerprint density at radius 1 is 1.08 bits per heavy atom. The van der Waals surface area contributed by atoms with Crippen LogP contribution < -0.4 is 4.90 Å². The molecule has 0 bridgehead atoms. The highest BCUT2D eigenvalue weighted by Gasteiger charge is 2.28. The fourth-order valence-electron chi connectivity index (χ4n) is 4.56. The van der Waals surface area contributed by atoms with Crippen molar-refractivity contribution in [2.75, 3.05) is 31.6 Å². The summed E-state index contributed by atoms with van der Waals surface area (Å²) in [5, 5.41) is 4.12. The summed E-state index contributed by atoms with van der Waals surface area (Å²) in [5.74, 6) is 1.53. The van der Waals surface area contributed by atoms with E-state index >= 15 is 0 Å². The average Bonchev–Trinajstić information content (AvgIpc) is 3.49. The molecule has 198 valence electrons. The SMILES string of the molecule is C/C=C(\N=C(/N(C)C=O)N1CCN(c2ccc(-c3noc(-c4ccccn4)n3)cc2)C[C@H]1C)c1ccncc1. The number of aliphatic imine (C=N–C) groups is 1. The van der Waals surface area contributed by atoms with Crippen molar-refractivity contribution in [2.24, 2.45) is 4.99 Å². The van der Waals surface area contributed by atoms with Crippen LogP contribution in [0.5, 0.6) is 0 Å². The molecule has 10 heteroatoms. The van der Waals surface area contributed by atoms with Gasteiger partial charge in [-0.25, -0.2) is 4.99 Å². The first-order valence-electron chi connectivity index (χ1n) is 12.8. The Morgan fingerprint density at radius 2 is 1.87 bits per heavy atom. The number of aromatic nitrogens is 4. The average molecular weight is 523 g/mol. The number of piperazine rings is 1. The fourth-order valence-corrected chi connectivity index (χ4v) is 4.56. The number of benzene rings is 1. The van der Waals surface area contributed by atoms with Crippen molar-refractivity contribution in [3.05, 3.63) is 84.8 Å². The molecule has 4 aromatic rings. The molecule has 0 aliphatic carbocycles. The van der Waals surface area contributed by atoms with Gasteiger partial charge in [-0.3, -0.25) is 19.7 Å². The zero-order chi connectivity index (χ0) is 27.2. The molecule has 0 N–H and O–H groups in total. The van der Waals surface area contributed by atoms with E-state index in [4.69, 9.17) is 9.52 Å². The van der Waals surface area contributed by atoms with Crippen molar-refractivity contribution in [3.8, 4) is 23.0 Å². The van der Waals surface area contributed by atoms with Gasteiger partial charge in [0.05, 0.1) is 5.70 Å². The molecule has 0 unspecified atom stereocenters. The molecule has 0 radical (unpaired) electrons. The summed E-state index contributed by atoms with van der Waals surface area (Å²) in [6.45, 7) is 6.36. The predicted octanol–water partition coefficient (Wildman–Crippen LogP) is 4.21. The van der Waals surface area contributed by atoms with E-state index in [1.165, 1.54) is 4.90 Å². The fraction of sp³-hybridized carbons (Fsp3) is 0.241. The van der Waals surface area contributed by atoms with Gasteiger partial charge in [0, 0.05) is 68.1 Å². The second-order valence-corrected chi connectivity index (χ2v) is 9.21. The summed E-state index contributed by atoms with van der Waals surface area (Å²) in [7, 11) is 1.74. The molecule has 1 aliphatic heterocycles. The summed E-state index contributed by atoms with van der Waals surface area (Å²) in [4.78, 5) is 35.6. The number of carbonyl (C=O) groups is 1. The van der Waals surface area contributed by atoms with Gasteiger partial charge < -0.3 is 14.3 Å². The third kappa shape index (κ3) is 5.69. The Bertz CT molecular complexity index is 1450. The number of nitrogens with zero attached hydrogens (tertiary/aromatic N) is 8. The number of rotatable bonds is 6. The first kappa shape index (κ1) is 25.8. The topological polar surface area (TPSA) is 104 Å². The summed E-state index contributed by atoms with van der Waals surface area (Å²) in [5.41, 5.74) is 4.36. The molecule has 5 rings (SSSR count). The van der Waals surface area contributed by atoms with Gasteiger partial charge in [0.15, 0.2) is 0 Å². The zero-order valence-electron chi connectivity index (χ0n) is 22.2. The molecular formula is C29H30N8O2. The van der Waals surface area contributed by atoms with Gasteiger partial charge >= 0.3 is 0 Å². The molecule has 39 heavy (non-hydrogen) atoms. The van der Waals surface area contributed by atoms with Crippen LogP contribution >= 0.6 is 0 Å². The van der Waals surface area contributed by atoms with Crippen LogP contribution in [0, 0.1) is 0 Å². The first-order valence-corrected chi connectivity index (χ1v) is 12.8. The minimum atomic E-state index is 0.119. The van der Waals surface area contributed by atoms with E-state index in [1.807, 2.05) is 55.5 Å². The van der Waals surface area contributed by atoms with Gasteiger partial charge in [-0.2, -0.15) is 4.98 Å². The number of anilines is 1. The maximum atomic E-state index is 11.8. The molecule has 10 nitrogen and oxygen atoms in total. The highest BCUT2D eigenvalue weighted by Crippen LogP contribution is 2.26. The molecule has 0 saturated carbocycles. The van der Waals surface area contributed by atoms with E-state index in [0.717, 1.165) is 42.0 Å². The van der Waals surface area contributed by atoms with E-state index in [2.05, 4.69) is 49.0 Å². The van der Waals surface area contributed by atoms with Gasteiger partial charge in [0.2, 0.25) is 18.2 Å². The van der Waals surface area contributed by atoms with E-state index in [9.17, 15) is 4.79 Å². The number of allylic oxidation sites excluding steroid dienone is 1. The van der Waals surface area contributed by atoms with Crippen molar-refractivity contribution < 1.29 is 9.32 Å². The highest BCUT2D eigenvalue weighted by atomic mass is 16.5. The Labute approximate surface area is 227 Å². The Morgan fingerprint density at radius 3 is 2.54 bits per heavy atom. The van der Waals surface area contributed by atoms with Crippen LogP contribution in [-0.4, -0.2) is 75.0 Å². The highest BCUT2D eigenvalue weighted by molar-refractivity contribution is 5.93. The number of pyridine rings is 2. The lowest BCUT2D eigenvalue weighted by molar-refractivity contribution is -0.114. The van der Waals surface area contributed by atoms with E-state index in [1.54, 1.807) is 25.6 Å². The van der Waals surface area contributed by atoms with Gasteiger partial charge in [-0.15, -0.1) is 0 Å². The van der Waals surface area contributed by atoms with Crippen LogP contribution in [0.1, 0.15) is 19.4 Å². The lowest BCUT2D eigenvalue weighted by Crippen LogP contribution is -2.57. The van der Waals surface area contributed by atoms with Gasteiger partial charge in [-0.1, -0.05) is 17.3 Å². The molecule has 1 saturated heterocycles.